The third-order valence-corrected chi connectivity index (χ3v) is 5.95. The normalized spacial score (nSPS) is 19.9. The molecule has 0 unspecified atom stereocenters. The highest BCUT2D eigenvalue weighted by Gasteiger charge is 2.30. The lowest BCUT2D eigenvalue weighted by Gasteiger charge is -2.31. The minimum atomic E-state index is 0.0251. The van der Waals surface area contributed by atoms with Gasteiger partial charge in [0.2, 0.25) is 0 Å². The fourth-order valence-corrected chi connectivity index (χ4v) is 4.19. The van der Waals surface area contributed by atoms with Crippen LogP contribution in [0.5, 0.6) is 0 Å². The maximum Gasteiger partial charge on any atom is 0.254 e. The number of para-hydroxylation sites is 2. The highest BCUT2D eigenvalue weighted by atomic mass is 16.4. The highest BCUT2D eigenvalue weighted by molar-refractivity contribution is 5.97. The first-order valence-electron chi connectivity index (χ1n) is 10.3. The van der Waals surface area contributed by atoms with Gasteiger partial charge in [-0.1, -0.05) is 12.1 Å². The SMILES string of the molecule is O=C(c1ccc2nc(C3CC3)oc2c1)N1CCC[C@H](c2nc3ccccc3o2)C1. The first-order valence-corrected chi connectivity index (χ1v) is 10.3. The van der Waals surface area contributed by atoms with Crippen molar-refractivity contribution in [1.29, 1.82) is 0 Å². The lowest BCUT2D eigenvalue weighted by atomic mass is 9.97. The van der Waals surface area contributed by atoms with E-state index in [1.165, 1.54) is 0 Å². The fraction of sp³-hybridized carbons (Fsp3) is 0.348. The number of benzene rings is 2. The molecular weight excluding hydrogens is 366 g/mol. The van der Waals surface area contributed by atoms with Crippen molar-refractivity contribution in [3.8, 4) is 0 Å². The van der Waals surface area contributed by atoms with E-state index >= 15 is 0 Å². The second-order valence-electron chi connectivity index (χ2n) is 8.12. The van der Waals surface area contributed by atoms with Crippen LogP contribution in [0.25, 0.3) is 22.2 Å². The van der Waals surface area contributed by atoms with Crippen LogP contribution in [0.15, 0.2) is 51.3 Å². The summed E-state index contributed by atoms with van der Waals surface area (Å²) >= 11 is 0. The van der Waals surface area contributed by atoms with Crippen molar-refractivity contribution < 1.29 is 13.6 Å². The highest BCUT2D eigenvalue weighted by Crippen LogP contribution is 2.40. The quantitative estimate of drug-likeness (QED) is 0.502. The van der Waals surface area contributed by atoms with Gasteiger partial charge in [0.15, 0.2) is 22.9 Å². The maximum atomic E-state index is 13.2. The molecule has 1 saturated heterocycles. The molecule has 0 bridgehead atoms. The number of aromatic nitrogens is 2. The topological polar surface area (TPSA) is 72.4 Å². The number of nitrogens with zero attached hydrogens (tertiary/aromatic N) is 3. The Kier molecular flexibility index (Phi) is 3.72. The van der Waals surface area contributed by atoms with Gasteiger partial charge in [-0.2, -0.15) is 0 Å². The number of amides is 1. The number of hydrogen-bond acceptors (Lipinski definition) is 5. The van der Waals surface area contributed by atoms with Crippen LogP contribution in [0, 0.1) is 0 Å². The average Bonchev–Trinajstić information content (AvgIpc) is 3.38. The number of fused-ring (bicyclic) bond motifs is 2. The molecule has 29 heavy (non-hydrogen) atoms. The molecule has 0 spiro atoms. The first kappa shape index (κ1) is 16.8. The monoisotopic (exact) mass is 387 g/mol. The van der Waals surface area contributed by atoms with E-state index in [4.69, 9.17) is 8.83 Å². The second kappa shape index (κ2) is 6.44. The lowest BCUT2D eigenvalue weighted by molar-refractivity contribution is 0.0699. The van der Waals surface area contributed by atoms with Gasteiger partial charge in [0.1, 0.15) is 11.0 Å². The number of hydrogen-bond donors (Lipinski definition) is 0. The summed E-state index contributed by atoms with van der Waals surface area (Å²) in [4.78, 5) is 24.3. The van der Waals surface area contributed by atoms with E-state index in [2.05, 4.69) is 9.97 Å². The largest absolute Gasteiger partial charge is 0.440 e. The molecule has 2 aromatic carbocycles. The molecule has 6 heteroatoms. The van der Waals surface area contributed by atoms with Gasteiger partial charge < -0.3 is 13.7 Å². The van der Waals surface area contributed by atoms with Crippen LogP contribution in [-0.4, -0.2) is 33.9 Å². The minimum Gasteiger partial charge on any atom is -0.440 e. The molecular formula is C23H21N3O3. The zero-order valence-corrected chi connectivity index (χ0v) is 16.0. The Morgan fingerprint density at radius 1 is 0.897 bits per heavy atom. The molecule has 2 aromatic heterocycles. The Labute approximate surface area is 167 Å². The lowest BCUT2D eigenvalue weighted by Crippen LogP contribution is -2.39. The van der Waals surface area contributed by atoms with Gasteiger partial charge in [0, 0.05) is 24.6 Å². The zero-order chi connectivity index (χ0) is 19.4. The molecule has 1 amide bonds. The number of piperidine rings is 1. The van der Waals surface area contributed by atoms with Crippen molar-refractivity contribution in [3.63, 3.8) is 0 Å². The van der Waals surface area contributed by atoms with Crippen LogP contribution < -0.4 is 0 Å². The van der Waals surface area contributed by atoms with Crippen LogP contribution in [-0.2, 0) is 0 Å². The smallest absolute Gasteiger partial charge is 0.254 e. The van der Waals surface area contributed by atoms with Crippen molar-refractivity contribution in [3.05, 3.63) is 59.8 Å². The minimum absolute atomic E-state index is 0.0251. The Hall–Kier alpha value is -3.15. The average molecular weight is 387 g/mol. The van der Waals surface area contributed by atoms with E-state index in [0.717, 1.165) is 60.6 Å². The van der Waals surface area contributed by atoms with Gasteiger partial charge >= 0.3 is 0 Å². The third-order valence-electron chi connectivity index (χ3n) is 5.95. The van der Waals surface area contributed by atoms with Gasteiger partial charge in [-0.15, -0.1) is 0 Å². The summed E-state index contributed by atoms with van der Waals surface area (Å²) < 4.78 is 11.8. The van der Waals surface area contributed by atoms with Gasteiger partial charge in [0.05, 0.1) is 5.92 Å². The molecule has 1 aliphatic heterocycles. The van der Waals surface area contributed by atoms with E-state index in [-0.39, 0.29) is 11.8 Å². The molecule has 2 fully saturated rings. The Morgan fingerprint density at radius 3 is 2.48 bits per heavy atom. The molecule has 6 rings (SSSR count). The van der Waals surface area contributed by atoms with Crippen molar-refractivity contribution in [2.24, 2.45) is 0 Å². The summed E-state index contributed by atoms with van der Waals surface area (Å²) in [5.41, 5.74) is 3.84. The van der Waals surface area contributed by atoms with Gasteiger partial charge in [-0.3, -0.25) is 4.79 Å². The Balaban J connectivity index is 1.24. The molecule has 1 saturated carbocycles. The number of likely N-dealkylation sites (tertiary alicyclic amines) is 1. The van der Waals surface area contributed by atoms with E-state index in [9.17, 15) is 4.79 Å². The molecule has 0 N–H and O–H groups in total. The molecule has 146 valence electrons. The molecule has 3 heterocycles. The number of carbonyl (C=O) groups is 1. The van der Waals surface area contributed by atoms with Crippen molar-refractivity contribution in [2.45, 2.75) is 37.5 Å². The van der Waals surface area contributed by atoms with Crippen LogP contribution in [0.1, 0.15) is 59.7 Å². The molecule has 4 aromatic rings. The van der Waals surface area contributed by atoms with Gasteiger partial charge in [-0.25, -0.2) is 9.97 Å². The maximum absolute atomic E-state index is 13.2. The fourth-order valence-electron chi connectivity index (χ4n) is 4.19. The second-order valence-corrected chi connectivity index (χ2v) is 8.12. The van der Waals surface area contributed by atoms with Crippen molar-refractivity contribution in [1.82, 2.24) is 14.9 Å². The summed E-state index contributed by atoms with van der Waals surface area (Å²) in [6.07, 6.45) is 4.20. The molecule has 0 radical (unpaired) electrons. The van der Waals surface area contributed by atoms with E-state index in [1.807, 2.05) is 47.4 Å². The van der Waals surface area contributed by atoms with Crippen molar-refractivity contribution in [2.75, 3.05) is 13.1 Å². The van der Waals surface area contributed by atoms with Gasteiger partial charge in [-0.05, 0) is 56.0 Å². The number of rotatable bonds is 3. The van der Waals surface area contributed by atoms with Gasteiger partial charge in [0.25, 0.3) is 5.91 Å². The predicted molar refractivity (Wildman–Crippen MR) is 108 cm³/mol. The number of oxazole rings is 2. The van der Waals surface area contributed by atoms with E-state index < -0.39 is 0 Å². The summed E-state index contributed by atoms with van der Waals surface area (Å²) in [6, 6.07) is 13.4. The Bertz CT molecular complexity index is 1190. The van der Waals surface area contributed by atoms with Crippen molar-refractivity contribution >= 4 is 28.1 Å². The van der Waals surface area contributed by atoms with E-state index in [0.29, 0.717) is 23.6 Å². The van der Waals surface area contributed by atoms with Crippen LogP contribution in [0.4, 0.5) is 0 Å². The van der Waals surface area contributed by atoms with Crippen LogP contribution >= 0.6 is 0 Å². The molecule has 2 aliphatic rings. The molecule has 1 atom stereocenters. The number of carbonyl (C=O) groups excluding carboxylic acids is 1. The Morgan fingerprint density at radius 2 is 1.66 bits per heavy atom. The van der Waals surface area contributed by atoms with Crippen LogP contribution in [0.2, 0.25) is 0 Å². The summed E-state index contributed by atoms with van der Waals surface area (Å²) in [7, 11) is 0. The standard InChI is InChI=1S/C23H21N3O3/c27-23(15-9-10-18-20(12-15)29-21(25-18)14-7-8-14)26-11-3-4-16(13-26)22-24-17-5-1-2-6-19(17)28-22/h1-2,5-6,9-10,12,14,16H,3-4,7-8,11,13H2/t16-/m0/s1. The summed E-state index contributed by atoms with van der Waals surface area (Å²) in [5, 5.41) is 0. The predicted octanol–water partition coefficient (Wildman–Crippen LogP) is 4.87. The first-order chi connectivity index (χ1) is 14.2. The molecule has 6 nitrogen and oxygen atoms in total. The van der Waals surface area contributed by atoms with E-state index in [1.54, 1.807) is 0 Å². The summed E-state index contributed by atoms with van der Waals surface area (Å²) in [6.45, 7) is 1.37. The summed E-state index contributed by atoms with van der Waals surface area (Å²) in [5.74, 6) is 2.13. The third kappa shape index (κ3) is 2.99. The zero-order valence-electron chi connectivity index (χ0n) is 16.0. The van der Waals surface area contributed by atoms with Crippen LogP contribution in [0.3, 0.4) is 0 Å². The molecule has 1 aliphatic carbocycles.